The van der Waals surface area contributed by atoms with Gasteiger partial charge >= 0.3 is 0 Å². The smallest absolute Gasteiger partial charge is 0.130 e. The van der Waals surface area contributed by atoms with E-state index in [2.05, 4.69) is 34.6 Å². The van der Waals surface area contributed by atoms with Gasteiger partial charge in [0, 0.05) is 6.20 Å². The third kappa shape index (κ3) is 4.97. The third-order valence-electron chi connectivity index (χ3n) is 2.71. The van der Waals surface area contributed by atoms with Gasteiger partial charge in [-0.25, -0.2) is 4.98 Å². The van der Waals surface area contributed by atoms with Crippen LogP contribution in [0, 0.1) is 0 Å². The summed E-state index contributed by atoms with van der Waals surface area (Å²) < 4.78 is 0. The van der Waals surface area contributed by atoms with Crippen molar-refractivity contribution in [3.63, 3.8) is 0 Å². The van der Waals surface area contributed by atoms with Crippen LogP contribution < -0.4 is 5.32 Å². The van der Waals surface area contributed by atoms with Crippen LogP contribution in [0.1, 0.15) is 18.4 Å². The highest BCUT2D eigenvalue weighted by molar-refractivity contribution is 7.80. The van der Waals surface area contributed by atoms with Gasteiger partial charge in [-0.05, 0) is 37.0 Å². The lowest BCUT2D eigenvalue weighted by molar-refractivity contribution is 0.870. The lowest BCUT2D eigenvalue weighted by Crippen LogP contribution is -2.10. The molecule has 0 spiro atoms. The summed E-state index contributed by atoms with van der Waals surface area (Å²) in [4.78, 5) is 4.96. The molecule has 2 aromatic rings. The second-order valence-corrected chi connectivity index (χ2v) is 5.18. The average Bonchev–Trinajstić information content (AvgIpc) is 2.43. The number of pyridine rings is 1. The predicted octanol–water partition coefficient (Wildman–Crippen LogP) is 4.50. The molecule has 0 aliphatic heterocycles. The number of nitrogens with zero attached hydrogens (tertiary/aromatic N) is 1. The Balaban J connectivity index is 1.74. The fourth-order valence-corrected chi connectivity index (χ4v) is 2.11. The highest BCUT2D eigenvalue weighted by Crippen LogP contribution is 2.11. The quantitative estimate of drug-likeness (QED) is 0.821. The molecule has 2 nitrogen and oxygen atoms in total. The van der Waals surface area contributed by atoms with E-state index < -0.39 is 0 Å². The first kappa shape index (κ1) is 14.0. The summed E-state index contributed by atoms with van der Waals surface area (Å²) in [7, 11) is 0. The van der Waals surface area contributed by atoms with Crippen molar-refractivity contribution in [2.75, 3.05) is 5.32 Å². The summed E-state index contributed by atoms with van der Waals surface area (Å²) in [6.07, 6.45) is 4.53. The van der Waals surface area contributed by atoms with E-state index in [0.717, 1.165) is 30.1 Å². The topological polar surface area (TPSA) is 24.9 Å². The van der Waals surface area contributed by atoms with Gasteiger partial charge in [0.05, 0.1) is 10.0 Å². The Hall–Kier alpha value is -1.45. The SMILES string of the molecule is S=C(CCCc1ccccc1)Nc1ccc(Cl)cn1. The normalized spacial score (nSPS) is 10.2. The molecule has 0 saturated carbocycles. The van der Waals surface area contributed by atoms with Gasteiger partial charge < -0.3 is 5.32 Å². The molecule has 0 aliphatic carbocycles. The molecule has 98 valence electrons. The van der Waals surface area contributed by atoms with Crippen LogP contribution in [0.15, 0.2) is 48.7 Å². The number of aromatic nitrogens is 1. The molecule has 0 unspecified atom stereocenters. The number of rotatable bonds is 5. The highest BCUT2D eigenvalue weighted by atomic mass is 35.5. The van der Waals surface area contributed by atoms with Gasteiger partial charge in [-0.3, -0.25) is 0 Å². The first-order valence-corrected chi connectivity index (χ1v) is 6.98. The number of hydrogen-bond donors (Lipinski definition) is 1. The van der Waals surface area contributed by atoms with Crippen molar-refractivity contribution >= 4 is 34.6 Å². The van der Waals surface area contributed by atoms with E-state index in [0.29, 0.717) is 5.02 Å². The monoisotopic (exact) mass is 290 g/mol. The summed E-state index contributed by atoms with van der Waals surface area (Å²) in [5, 5.41) is 3.74. The minimum absolute atomic E-state index is 0.626. The molecular formula is C15H15ClN2S. The van der Waals surface area contributed by atoms with Crippen LogP contribution in [0.2, 0.25) is 5.02 Å². The largest absolute Gasteiger partial charge is 0.335 e. The zero-order chi connectivity index (χ0) is 13.5. The molecule has 0 fully saturated rings. The van der Waals surface area contributed by atoms with E-state index in [9.17, 15) is 0 Å². The van der Waals surface area contributed by atoms with Crippen LogP contribution in [0.25, 0.3) is 0 Å². The second-order valence-electron chi connectivity index (χ2n) is 4.25. The Morgan fingerprint density at radius 1 is 1.16 bits per heavy atom. The van der Waals surface area contributed by atoms with Crippen molar-refractivity contribution in [3.05, 3.63) is 59.2 Å². The molecule has 1 N–H and O–H groups in total. The zero-order valence-corrected chi connectivity index (χ0v) is 12.0. The Bertz CT molecular complexity index is 526. The fourth-order valence-electron chi connectivity index (χ4n) is 1.75. The Morgan fingerprint density at radius 3 is 2.63 bits per heavy atom. The van der Waals surface area contributed by atoms with Gasteiger partial charge in [0.25, 0.3) is 0 Å². The summed E-state index contributed by atoms with van der Waals surface area (Å²) in [6.45, 7) is 0. The number of halogens is 1. The van der Waals surface area contributed by atoms with E-state index >= 15 is 0 Å². The maximum absolute atomic E-state index is 5.78. The molecule has 0 aliphatic rings. The van der Waals surface area contributed by atoms with Crippen molar-refractivity contribution in [2.45, 2.75) is 19.3 Å². The Labute approximate surface area is 123 Å². The summed E-state index contributed by atoms with van der Waals surface area (Å²) in [6, 6.07) is 14.0. The van der Waals surface area contributed by atoms with Crippen LogP contribution in [-0.4, -0.2) is 9.97 Å². The van der Waals surface area contributed by atoms with Crippen molar-refractivity contribution in [1.82, 2.24) is 4.98 Å². The second kappa shape index (κ2) is 7.22. The van der Waals surface area contributed by atoms with Gasteiger partial charge in [0.15, 0.2) is 0 Å². The van der Waals surface area contributed by atoms with E-state index in [1.807, 2.05) is 12.1 Å². The maximum Gasteiger partial charge on any atom is 0.130 e. The van der Waals surface area contributed by atoms with Gasteiger partial charge in [-0.2, -0.15) is 0 Å². The molecule has 1 aromatic heterocycles. The number of thiocarbonyl (C=S) groups is 1. The molecule has 0 bridgehead atoms. The molecule has 0 saturated heterocycles. The minimum Gasteiger partial charge on any atom is -0.335 e. The third-order valence-corrected chi connectivity index (χ3v) is 3.24. The molecule has 2 rings (SSSR count). The van der Waals surface area contributed by atoms with Gasteiger partial charge in [-0.15, -0.1) is 0 Å². The van der Waals surface area contributed by atoms with Crippen LogP contribution in [0.5, 0.6) is 0 Å². The number of benzene rings is 1. The van der Waals surface area contributed by atoms with E-state index in [1.54, 1.807) is 12.3 Å². The summed E-state index contributed by atoms with van der Waals surface area (Å²) >= 11 is 11.1. The summed E-state index contributed by atoms with van der Waals surface area (Å²) in [5.74, 6) is 0.745. The van der Waals surface area contributed by atoms with Crippen LogP contribution in [0.3, 0.4) is 0 Å². The molecule has 1 heterocycles. The van der Waals surface area contributed by atoms with Crippen molar-refractivity contribution in [3.8, 4) is 0 Å². The first-order chi connectivity index (χ1) is 9.24. The highest BCUT2D eigenvalue weighted by Gasteiger charge is 2.00. The standard InChI is InChI=1S/C15H15ClN2S/c16-13-9-10-14(17-11-13)18-15(19)8-4-7-12-5-2-1-3-6-12/h1-3,5-6,9-11H,4,7-8H2,(H,17,18,19). The molecule has 1 aromatic carbocycles. The average molecular weight is 291 g/mol. The van der Waals surface area contributed by atoms with E-state index in [1.165, 1.54) is 5.56 Å². The maximum atomic E-state index is 5.78. The van der Waals surface area contributed by atoms with Crippen molar-refractivity contribution in [1.29, 1.82) is 0 Å². The molecule has 0 atom stereocenters. The molecule has 4 heteroatoms. The molecular weight excluding hydrogens is 276 g/mol. The van der Waals surface area contributed by atoms with E-state index in [-0.39, 0.29) is 0 Å². The predicted molar refractivity (Wildman–Crippen MR) is 84.8 cm³/mol. The lowest BCUT2D eigenvalue weighted by atomic mass is 10.1. The van der Waals surface area contributed by atoms with Gasteiger partial charge in [0.2, 0.25) is 0 Å². The van der Waals surface area contributed by atoms with Crippen LogP contribution >= 0.6 is 23.8 Å². The number of aryl methyl sites for hydroxylation is 1. The molecule has 0 radical (unpaired) electrons. The van der Waals surface area contributed by atoms with Crippen molar-refractivity contribution in [2.24, 2.45) is 0 Å². The van der Waals surface area contributed by atoms with Gasteiger partial charge in [-0.1, -0.05) is 54.2 Å². The van der Waals surface area contributed by atoms with Crippen LogP contribution in [0.4, 0.5) is 5.82 Å². The Kier molecular flexibility index (Phi) is 5.31. The Morgan fingerprint density at radius 2 is 1.95 bits per heavy atom. The van der Waals surface area contributed by atoms with Crippen molar-refractivity contribution < 1.29 is 0 Å². The first-order valence-electron chi connectivity index (χ1n) is 6.19. The van der Waals surface area contributed by atoms with Crippen LogP contribution in [-0.2, 0) is 6.42 Å². The minimum atomic E-state index is 0.626. The number of anilines is 1. The van der Waals surface area contributed by atoms with E-state index in [4.69, 9.17) is 23.8 Å². The number of hydrogen-bond acceptors (Lipinski definition) is 2. The fraction of sp³-hybridized carbons (Fsp3) is 0.200. The zero-order valence-electron chi connectivity index (χ0n) is 10.5. The summed E-state index contributed by atoms with van der Waals surface area (Å²) in [5.41, 5.74) is 1.34. The molecule has 0 amide bonds. The lowest BCUT2D eigenvalue weighted by Gasteiger charge is -2.07. The van der Waals surface area contributed by atoms with Gasteiger partial charge in [0.1, 0.15) is 5.82 Å². The number of nitrogens with one attached hydrogen (secondary N) is 1. The molecule has 19 heavy (non-hydrogen) atoms.